The van der Waals surface area contributed by atoms with E-state index in [1.807, 2.05) is 42.5 Å². The van der Waals surface area contributed by atoms with Crippen molar-refractivity contribution in [1.29, 1.82) is 0 Å². The van der Waals surface area contributed by atoms with Gasteiger partial charge in [0.15, 0.2) is 0 Å². The molecule has 2 N–H and O–H groups in total. The first kappa shape index (κ1) is 13.6. The van der Waals surface area contributed by atoms with E-state index in [0.717, 1.165) is 16.3 Å². The summed E-state index contributed by atoms with van der Waals surface area (Å²) in [5.74, 6) is -0.939. The second kappa shape index (κ2) is 5.20. The quantitative estimate of drug-likeness (QED) is 0.885. The molecule has 0 heterocycles. The van der Waals surface area contributed by atoms with Gasteiger partial charge < -0.3 is 10.4 Å². The molecule has 0 bridgehead atoms. The van der Waals surface area contributed by atoms with Gasteiger partial charge in [-0.25, -0.2) is 0 Å². The van der Waals surface area contributed by atoms with Gasteiger partial charge in [-0.2, -0.15) is 0 Å². The fourth-order valence-corrected chi connectivity index (χ4v) is 2.48. The van der Waals surface area contributed by atoms with Crippen molar-refractivity contribution in [2.45, 2.75) is 19.3 Å². The molecule has 0 radical (unpaired) electrons. The number of carbonyl (C=O) groups excluding carboxylic acids is 1. The van der Waals surface area contributed by atoms with E-state index in [1.165, 1.54) is 0 Å². The van der Waals surface area contributed by atoms with Crippen molar-refractivity contribution in [1.82, 2.24) is 5.32 Å². The number of rotatable bonds is 5. The Kier molecular flexibility index (Phi) is 3.37. The number of fused-ring (bicyclic) bond motifs is 1. The summed E-state index contributed by atoms with van der Waals surface area (Å²) >= 11 is 0. The zero-order chi connectivity index (χ0) is 14.9. The summed E-state index contributed by atoms with van der Waals surface area (Å²) in [4.78, 5) is 23.0. The highest BCUT2D eigenvalue weighted by molar-refractivity contribution is 5.86. The van der Waals surface area contributed by atoms with Crippen LogP contribution < -0.4 is 5.32 Å². The Balaban J connectivity index is 1.62. The van der Waals surface area contributed by atoms with Crippen molar-refractivity contribution in [2.75, 3.05) is 6.54 Å². The average molecular weight is 283 g/mol. The molecule has 4 nitrogen and oxygen atoms in total. The van der Waals surface area contributed by atoms with Gasteiger partial charge in [-0.05, 0) is 29.2 Å². The van der Waals surface area contributed by atoms with Crippen molar-refractivity contribution < 1.29 is 14.7 Å². The molecular weight excluding hydrogens is 266 g/mol. The second-order valence-electron chi connectivity index (χ2n) is 5.72. The molecule has 2 aromatic carbocycles. The van der Waals surface area contributed by atoms with E-state index in [2.05, 4.69) is 5.32 Å². The fourth-order valence-electron chi connectivity index (χ4n) is 2.48. The van der Waals surface area contributed by atoms with Crippen molar-refractivity contribution >= 4 is 22.6 Å². The standard InChI is InChI=1S/C17H17NO3/c19-15(18-11-17(7-8-17)16(20)21)10-12-5-6-13-3-1-2-4-14(13)9-12/h1-6,9H,7-8,10-11H2,(H,18,19)(H,20,21). The van der Waals surface area contributed by atoms with Crippen molar-refractivity contribution in [3.63, 3.8) is 0 Å². The number of carboxylic acids is 1. The number of benzene rings is 2. The number of carbonyl (C=O) groups is 2. The Morgan fingerprint density at radius 1 is 1.10 bits per heavy atom. The predicted molar refractivity (Wildman–Crippen MR) is 80.0 cm³/mol. The van der Waals surface area contributed by atoms with Crippen LogP contribution in [0.15, 0.2) is 42.5 Å². The summed E-state index contributed by atoms with van der Waals surface area (Å²) in [6.07, 6.45) is 1.58. The third-order valence-corrected chi connectivity index (χ3v) is 4.11. The number of hydrogen-bond donors (Lipinski definition) is 2. The summed E-state index contributed by atoms with van der Waals surface area (Å²) in [7, 11) is 0. The number of carboxylic acid groups (broad SMARTS) is 1. The van der Waals surface area contributed by atoms with Crippen LogP contribution in [0, 0.1) is 5.41 Å². The molecule has 21 heavy (non-hydrogen) atoms. The summed E-state index contributed by atoms with van der Waals surface area (Å²) in [6, 6.07) is 13.9. The Morgan fingerprint density at radius 3 is 2.48 bits per heavy atom. The number of nitrogens with one attached hydrogen (secondary N) is 1. The van der Waals surface area contributed by atoms with Crippen LogP contribution in [0.1, 0.15) is 18.4 Å². The molecule has 1 aliphatic rings. The molecule has 1 amide bonds. The van der Waals surface area contributed by atoms with Crippen LogP contribution in [-0.4, -0.2) is 23.5 Å². The van der Waals surface area contributed by atoms with Gasteiger partial charge in [0, 0.05) is 6.54 Å². The van der Waals surface area contributed by atoms with Crippen LogP contribution in [0.3, 0.4) is 0 Å². The predicted octanol–water partition coefficient (Wildman–Crippen LogP) is 2.36. The lowest BCUT2D eigenvalue weighted by molar-refractivity contribution is -0.143. The molecule has 0 atom stereocenters. The lowest BCUT2D eigenvalue weighted by Crippen LogP contribution is -2.35. The van der Waals surface area contributed by atoms with E-state index in [9.17, 15) is 9.59 Å². The monoisotopic (exact) mass is 283 g/mol. The Morgan fingerprint density at radius 2 is 1.81 bits per heavy atom. The molecule has 0 spiro atoms. The van der Waals surface area contributed by atoms with Crippen LogP contribution in [-0.2, 0) is 16.0 Å². The van der Waals surface area contributed by atoms with Gasteiger partial charge >= 0.3 is 5.97 Å². The number of amides is 1. The van der Waals surface area contributed by atoms with E-state index in [0.29, 0.717) is 12.8 Å². The maximum absolute atomic E-state index is 11.9. The molecule has 4 heteroatoms. The first-order chi connectivity index (χ1) is 10.1. The van der Waals surface area contributed by atoms with Gasteiger partial charge in [0.2, 0.25) is 5.91 Å². The third-order valence-electron chi connectivity index (χ3n) is 4.11. The molecule has 1 fully saturated rings. The molecule has 0 aromatic heterocycles. The van der Waals surface area contributed by atoms with Gasteiger partial charge in [-0.3, -0.25) is 9.59 Å². The minimum absolute atomic E-state index is 0.127. The van der Waals surface area contributed by atoms with E-state index in [1.54, 1.807) is 0 Å². The zero-order valence-corrected chi connectivity index (χ0v) is 11.6. The van der Waals surface area contributed by atoms with Gasteiger partial charge in [-0.1, -0.05) is 42.5 Å². The maximum atomic E-state index is 11.9. The topological polar surface area (TPSA) is 66.4 Å². The van der Waals surface area contributed by atoms with Crippen molar-refractivity contribution in [3.05, 3.63) is 48.0 Å². The molecule has 1 saturated carbocycles. The SMILES string of the molecule is O=C(Cc1ccc2ccccc2c1)NCC1(C(=O)O)CC1. The molecule has 2 aromatic rings. The largest absolute Gasteiger partial charge is 0.481 e. The summed E-state index contributed by atoms with van der Waals surface area (Å²) in [5, 5.41) is 14.1. The van der Waals surface area contributed by atoms with Gasteiger partial charge in [0.25, 0.3) is 0 Å². The molecule has 0 unspecified atom stereocenters. The molecular formula is C17H17NO3. The first-order valence-electron chi connectivity index (χ1n) is 7.07. The van der Waals surface area contributed by atoms with E-state index >= 15 is 0 Å². The molecule has 3 rings (SSSR count). The van der Waals surface area contributed by atoms with Crippen LogP contribution in [0.25, 0.3) is 10.8 Å². The first-order valence-corrected chi connectivity index (χ1v) is 7.07. The molecule has 1 aliphatic carbocycles. The van der Waals surface area contributed by atoms with Crippen LogP contribution in [0.4, 0.5) is 0 Å². The van der Waals surface area contributed by atoms with E-state index in [4.69, 9.17) is 5.11 Å². The van der Waals surface area contributed by atoms with Gasteiger partial charge in [0.05, 0.1) is 11.8 Å². The molecule has 0 saturated heterocycles. The fraction of sp³-hybridized carbons (Fsp3) is 0.294. The Hall–Kier alpha value is -2.36. The van der Waals surface area contributed by atoms with E-state index in [-0.39, 0.29) is 18.9 Å². The maximum Gasteiger partial charge on any atom is 0.311 e. The highest BCUT2D eigenvalue weighted by Gasteiger charge is 2.50. The average Bonchev–Trinajstić information content (AvgIpc) is 3.26. The zero-order valence-electron chi connectivity index (χ0n) is 11.6. The highest BCUT2D eigenvalue weighted by atomic mass is 16.4. The van der Waals surface area contributed by atoms with Crippen LogP contribution >= 0.6 is 0 Å². The lowest BCUT2D eigenvalue weighted by atomic mass is 10.0. The van der Waals surface area contributed by atoms with Gasteiger partial charge in [0.1, 0.15) is 0 Å². The van der Waals surface area contributed by atoms with Crippen molar-refractivity contribution in [2.24, 2.45) is 5.41 Å². The van der Waals surface area contributed by atoms with Crippen molar-refractivity contribution in [3.8, 4) is 0 Å². The van der Waals surface area contributed by atoms with Crippen LogP contribution in [0.2, 0.25) is 0 Å². The molecule has 0 aliphatic heterocycles. The normalized spacial score (nSPS) is 15.6. The lowest BCUT2D eigenvalue weighted by Gasteiger charge is -2.11. The second-order valence-corrected chi connectivity index (χ2v) is 5.72. The Bertz CT molecular complexity index is 704. The summed E-state index contributed by atoms with van der Waals surface area (Å²) in [5.41, 5.74) is 0.227. The number of hydrogen-bond acceptors (Lipinski definition) is 2. The minimum Gasteiger partial charge on any atom is -0.481 e. The smallest absolute Gasteiger partial charge is 0.311 e. The summed E-state index contributed by atoms with van der Waals surface area (Å²) in [6.45, 7) is 0.231. The minimum atomic E-state index is -0.812. The Labute approximate surface area is 122 Å². The number of aliphatic carboxylic acids is 1. The van der Waals surface area contributed by atoms with E-state index < -0.39 is 11.4 Å². The summed E-state index contributed by atoms with van der Waals surface area (Å²) < 4.78 is 0. The molecule has 108 valence electrons. The highest BCUT2D eigenvalue weighted by Crippen LogP contribution is 2.45. The van der Waals surface area contributed by atoms with Crippen LogP contribution in [0.5, 0.6) is 0 Å². The third kappa shape index (κ3) is 2.89. The van der Waals surface area contributed by atoms with Gasteiger partial charge in [-0.15, -0.1) is 0 Å².